The highest BCUT2D eigenvalue weighted by molar-refractivity contribution is 5.71. The first-order valence-corrected chi connectivity index (χ1v) is 4.93. The molecule has 1 atom stereocenters. The van der Waals surface area contributed by atoms with Gasteiger partial charge in [-0.3, -0.25) is 20.2 Å². The highest BCUT2D eigenvalue weighted by Crippen LogP contribution is 2.38. The van der Waals surface area contributed by atoms with Gasteiger partial charge in [0.25, 0.3) is 5.75 Å². The highest BCUT2D eigenvalue weighted by Gasteiger charge is 2.29. The Morgan fingerprint density at radius 1 is 1.32 bits per heavy atom. The van der Waals surface area contributed by atoms with Crippen molar-refractivity contribution in [2.24, 2.45) is 0 Å². The molecule has 102 valence electrons. The number of phenols is 1. The van der Waals surface area contributed by atoms with Crippen LogP contribution in [0.5, 0.6) is 5.75 Å². The molecule has 0 radical (unpaired) electrons. The van der Waals surface area contributed by atoms with Gasteiger partial charge < -0.3 is 20.7 Å². The average Bonchev–Trinajstić information content (AvgIpc) is 2.27. The van der Waals surface area contributed by atoms with Crippen molar-refractivity contribution in [3.8, 4) is 5.75 Å². The number of aliphatic carboxylic acids is 1. The van der Waals surface area contributed by atoms with Crippen LogP contribution in [-0.2, 0) is 11.2 Å². The number of carbonyl (C=O) groups excluding carboxylic acids is 1. The molecule has 1 aromatic carbocycles. The molecule has 0 fully saturated rings. The lowest BCUT2D eigenvalue weighted by molar-refractivity contribution is -0.437. The number of nitro benzene ring substituents is 2. The van der Waals surface area contributed by atoms with E-state index in [4.69, 9.17) is 0 Å². The summed E-state index contributed by atoms with van der Waals surface area (Å²) in [5, 5.41) is 41.4. The minimum atomic E-state index is -1.52. The van der Waals surface area contributed by atoms with Crippen LogP contribution in [0.1, 0.15) is 5.56 Å². The zero-order valence-corrected chi connectivity index (χ0v) is 9.44. The molecule has 0 aliphatic rings. The van der Waals surface area contributed by atoms with Crippen molar-refractivity contribution in [3.63, 3.8) is 0 Å². The van der Waals surface area contributed by atoms with E-state index >= 15 is 0 Å². The Bertz CT molecular complexity index is 557. The van der Waals surface area contributed by atoms with Crippen LogP contribution in [0.2, 0.25) is 0 Å². The SMILES string of the molecule is [NH3+]C(Cc1ccc([N+](=O)[O-])c(O)c1[N+](=O)[O-])C(=O)[O-]. The number of nitrogens with zero attached hydrogens (tertiary/aromatic N) is 2. The minimum absolute atomic E-state index is 0.169. The van der Waals surface area contributed by atoms with E-state index in [9.17, 15) is 35.2 Å². The molecule has 1 unspecified atom stereocenters. The van der Waals surface area contributed by atoms with E-state index < -0.39 is 39.0 Å². The summed E-state index contributed by atoms with van der Waals surface area (Å²) >= 11 is 0. The summed E-state index contributed by atoms with van der Waals surface area (Å²) in [6.07, 6.45) is -0.385. The molecule has 1 rings (SSSR count). The van der Waals surface area contributed by atoms with Gasteiger partial charge in [0, 0.05) is 18.1 Å². The molecule has 19 heavy (non-hydrogen) atoms. The second-order valence-electron chi connectivity index (χ2n) is 3.68. The largest absolute Gasteiger partial charge is 0.544 e. The molecule has 1 aromatic rings. The second-order valence-corrected chi connectivity index (χ2v) is 3.68. The van der Waals surface area contributed by atoms with Crippen LogP contribution in [0.3, 0.4) is 0 Å². The van der Waals surface area contributed by atoms with Crippen LogP contribution in [0, 0.1) is 20.2 Å². The fourth-order valence-corrected chi connectivity index (χ4v) is 1.48. The number of phenolic OH excluding ortho intramolecular Hbond substituents is 1. The van der Waals surface area contributed by atoms with Gasteiger partial charge in [0.05, 0.1) is 15.8 Å². The van der Waals surface area contributed by atoms with Crippen molar-refractivity contribution in [1.82, 2.24) is 0 Å². The number of rotatable bonds is 5. The van der Waals surface area contributed by atoms with Gasteiger partial charge in [-0.05, 0) is 6.07 Å². The summed E-state index contributed by atoms with van der Waals surface area (Å²) in [5.74, 6) is -2.63. The first-order valence-electron chi connectivity index (χ1n) is 4.93. The number of quaternary nitrogens is 1. The van der Waals surface area contributed by atoms with Gasteiger partial charge in [0.15, 0.2) is 0 Å². The molecule has 0 heterocycles. The first kappa shape index (κ1) is 14.3. The van der Waals surface area contributed by atoms with Crippen molar-refractivity contribution in [1.29, 1.82) is 0 Å². The molecule has 0 aromatic heterocycles. The van der Waals surface area contributed by atoms with Crippen molar-refractivity contribution in [3.05, 3.63) is 37.9 Å². The van der Waals surface area contributed by atoms with Gasteiger partial charge in [0.2, 0.25) is 0 Å². The van der Waals surface area contributed by atoms with Gasteiger partial charge in [-0.25, -0.2) is 0 Å². The minimum Gasteiger partial charge on any atom is -0.544 e. The van der Waals surface area contributed by atoms with Crippen LogP contribution in [-0.4, -0.2) is 27.0 Å². The maximum Gasteiger partial charge on any atom is 0.321 e. The number of hydrogen-bond acceptors (Lipinski definition) is 7. The third-order valence-electron chi connectivity index (χ3n) is 2.39. The summed E-state index contributed by atoms with van der Waals surface area (Å²) in [5.41, 5.74) is 1.32. The predicted octanol–water partition coefficient (Wildman–Crippen LogP) is -1.89. The lowest BCUT2D eigenvalue weighted by atomic mass is 10.0. The Morgan fingerprint density at radius 2 is 1.89 bits per heavy atom. The summed E-state index contributed by atoms with van der Waals surface area (Å²) in [6, 6.07) is 0.594. The van der Waals surface area contributed by atoms with E-state index in [0.717, 1.165) is 12.1 Å². The second kappa shape index (κ2) is 5.27. The number of aromatic hydroxyl groups is 1. The van der Waals surface area contributed by atoms with E-state index in [-0.39, 0.29) is 12.0 Å². The molecule has 0 aliphatic carbocycles. The third kappa shape index (κ3) is 2.93. The Kier molecular flexibility index (Phi) is 3.97. The van der Waals surface area contributed by atoms with Crippen LogP contribution >= 0.6 is 0 Å². The van der Waals surface area contributed by atoms with Crippen LogP contribution in [0.25, 0.3) is 0 Å². The lowest BCUT2D eigenvalue weighted by Gasteiger charge is -2.10. The standard InChI is InChI=1S/C9H9N3O7/c10-5(9(14)15)3-4-1-2-6(11(16)17)8(13)7(4)12(18)19/h1-2,5,13H,3,10H2,(H,14,15). The Balaban J connectivity index is 3.34. The van der Waals surface area contributed by atoms with Gasteiger partial charge in [-0.2, -0.15) is 0 Å². The summed E-state index contributed by atoms with van der Waals surface area (Å²) in [4.78, 5) is 29.9. The normalized spacial score (nSPS) is 11.8. The zero-order valence-electron chi connectivity index (χ0n) is 9.44. The van der Waals surface area contributed by atoms with E-state index in [1.807, 2.05) is 0 Å². The molecule has 0 saturated heterocycles. The van der Waals surface area contributed by atoms with Crippen LogP contribution in [0.15, 0.2) is 12.1 Å². The number of carboxylic acids is 1. The summed E-state index contributed by atoms with van der Waals surface area (Å²) < 4.78 is 0. The Labute approximate surface area is 105 Å². The molecule has 0 saturated carbocycles. The highest BCUT2D eigenvalue weighted by atomic mass is 16.6. The van der Waals surface area contributed by atoms with Gasteiger partial charge >= 0.3 is 11.4 Å². The predicted molar refractivity (Wildman–Crippen MR) is 56.8 cm³/mol. The number of hydrogen-bond donors (Lipinski definition) is 2. The average molecular weight is 271 g/mol. The fraction of sp³-hybridized carbons (Fsp3) is 0.222. The quantitative estimate of drug-likeness (QED) is 0.464. The first-order chi connectivity index (χ1) is 8.75. The van der Waals surface area contributed by atoms with E-state index in [1.165, 1.54) is 0 Å². The molecule has 10 nitrogen and oxygen atoms in total. The fourth-order valence-electron chi connectivity index (χ4n) is 1.48. The molecular formula is C9H9N3O7. The van der Waals surface area contributed by atoms with E-state index in [1.54, 1.807) is 0 Å². The molecule has 10 heteroatoms. The van der Waals surface area contributed by atoms with Crippen LogP contribution in [0.4, 0.5) is 11.4 Å². The maximum absolute atomic E-state index is 10.8. The Morgan fingerprint density at radius 3 is 2.32 bits per heavy atom. The number of benzene rings is 1. The molecule has 0 bridgehead atoms. The molecular weight excluding hydrogens is 262 g/mol. The topological polar surface area (TPSA) is 174 Å². The van der Waals surface area contributed by atoms with Crippen molar-refractivity contribution in [2.45, 2.75) is 12.5 Å². The third-order valence-corrected chi connectivity index (χ3v) is 2.39. The molecule has 0 amide bonds. The zero-order chi connectivity index (χ0) is 14.7. The molecule has 0 spiro atoms. The number of carboxylic acid groups (broad SMARTS) is 1. The number of carbonyl (C=O) groups is 1. The van der Waals surface area contributed by atoms with E-state index in [0.29, 0.717) is 0 Å². The Hall–Kier alpha value is -2.75. The molecule has 4 N–H and O–H groups in total. The maximum atomic E-state index is 10.8. The van der Waals surface area contributed by atoms with Crippen LogP contribution < -0.4 is 10.8 Å². The van der Waals surface area contributed by atoms with Gasteiger partial charge in [-0.1, -0.05) is 0 Å². The van der Waals surface area contributed by atoms with E-state index in [2.05, 4.69) is 5.73 Å². The van der Waals surface area contributed by atoms with Gasteiger partial charge in [-0.15, -0.1) is 0 Å². The molecule has 0 aliphatic heterocycles. The lowest BCUT2D eigenvalue weighted by Crippen LogP contribution is -2.69. The summed E-state index contributed by atoms with van der Waals surface area (Å²) in [7, 11) is 0. The monoisotopic (exact) mass is 271 g/mol. The number of nitro groups is 2. The van der Waals surface area contributed by atoms with Gasteiger partial charge in [0.1, 0.15) is 6.04 Å². The summed E-state index contributed by atoms with van der Waals surface area (Å²) in [6.45, 7) is 0. The van der Waals surface area contributed by atoms with Crippen molar-refractivity contribution >= 4 is 17.3 Å². The van der Waals surface area contributed by atoms with Crippen molar-refractivity contribution in [2.75, 3.05) is 0 Å². The van der Waals surface area contributed by atoms with Crippen molar-refractivity contribution < 1.29 is 30.6 Å². The smallest absolute Gasteiger partial charge is 0.321 e.